The lowest BCUT2D eigenvalue weighted by atomic mass is 10.1. The standard InChI is InChI=1S/C20H23N3S/c1-4-5-12-23(20-22-18-8-6-7-9-19(18)24-20)21-14-17-13-15(2)10-11-16(17)3/h6-11,13-14H,4-5,12H2,1-3H3/b21-14+. The molecule has 0 amide bonds. The normalized spacial score (nSPS) is 11.5. The summed E-state index contributed by atoms with van der Waals surface area (Å²) in [5.41, 5.74) is 4.70. The second kappa shape index (κ2) is 7.58. The van der Waals surface area contributed by atoms with Crippen LogP contribution in [0.5, 0.6) is 0 Å². The molecule has 0 bridgehead atoms. The van der Waals surface area contributed by atoms with Crippen LogP contribution in [0.15, 0.2) is 47.6 Å². The van der Waals surface area contributed by atoms with Gasteiger partial charge in [0.05, 0.1) is 16.4 Å². The summed E-state index contributed by atoms with van der Waals surface area (Å²) in [6.45, 7) is 7.32. The highest BCUT2D eigenvalue weighted by Crippen LogP contribution is 2.29. The van der Waals surface area contributed by atoms with Gasteiger partial charge in [0.1, 0.15) is 0 Å². The van der Waals surface area contributed by atoms with E-state index in [9.17, 15) is 0 Å². The van der Waals surface area contributed by atoms with Crippen molar-refractivity contribution in [2.45, 2.75) is 33.6 Å². The van der Waals surface area contributed by atoms with Crippen molar-refractivity contribution in [3.63, 3.8) is 0 Å². The van der Waals surface area contributed by atoms with E-state index < -0.39 is 0 Å². The molecule has 2 aromatic carbocycles. The van der Waals surface area contributed by atoms with E-state index in [1.165, 1.54) is 15.8 Å². The van der Waals surface area contributed by atoms with E-state index in [-0.39, 0.29) is 0 Å². The fraction of sp³-hybridized carbons (Fsp3) is 0.300. The van der Waals surface area contributed by atoms with Crippen molar-refractivity contribution in [2.24, 2.45) is 5.10 Å². The lowest BCUT2D eigenvalue weighted by Crippen LogP contribution is -2.17. The van der Waals surface area contributed by atoms with Gasteiger partial charge in [0.2, 0.25) is 5.13 Å². The smallest absolute Gasteiger partial charge is 0.207 e. The molecule has 24 heavy (non-hydrogen) atoms. The lowest BCUT2D eigenvalue weighted by molar-refractivity contribution is 0.740. The second-order valence-electron chi connectivity index (χ2n) is 6.05. The summed E-state index contributed by atoms with van der Waals surface area (Å²) in [4.78, 5) is 4.75. The zero-order chi connectivity index (χ0) is 16.9. The van der Waals surface area contributed by atoms with Crippen molar-refractivity contribution in [2.75, 3.05) is 11.6 Å². The maximum absolute atomic E-state index is 4.76. The third kappa shape index (κ3) is 3.82. The van der Waals surface area contributed by atoms with E-state index in [0.29, 0.717) is 0 Å². The van der Waals surface area contributed by atoms with E-state index in [2.05, 4.69) is 57.2 Å². The van der Waals surface area contributed by atoms with E-state index in [1.54, 1.807) is 11.3 Å². The fourth-order valence-corrected chi connectivity index (χ4v) is 3.46. The molecular weight excluding hydrogens is 314 g/mol. The molecule has 3 aromatic rings. The molecule has 0 fully saturated rings. The van der Waals surface area contributed by atoms with Crippen LogP contribution in [0, 0.1) is 13.8 Å². The van der Waals surface area contributed by atoms with Crippen LogP contribution in [0.4, 0.5) is 5.13 Å². The maximum Gasteiger partial charge on any atom is 0.207 e. The number of nitrogens with zero attached hydrogens (tertiary/aromatic N) is 3. The van der Waals surface area contributed by atoms with Crippen LogP contribution < -0.4 is 5.01 Å². The highest BCUT2D eigenvalue weighted by molar-refractivity contribution is 7.22. The van der Waals surface area contributed by atoms with Crippen molar-refractivity contribution >= 4 is 32.9 Å². The Morgan fingerprint density at radius 1 is 1.17 bits per heavy atom. The average molecular weight is 337 g/mol. The number of aromatic nitrogens is 1. The number of unbranched alkanes of at least 4 members (excludes halogenated alkanes) is 1. The Kier molecular flexibility index (Phi) is 5.26. The topological polar surface area (TPSA) is 28.5 Å². The van der Waals surface area contributed by atoms with E-state index in [1.807, 2.05) is 17.3 Å². The van der Waals surface area contributed by atoms with Gasteiger partial charge in [-0.3, -0.25) is 0 Å². The summed E-state index contributed by atoms with van der Waals surface area (Å²) in [5.74, 6) is 0. The molecule has 0 N–H and O–H groups in total. The minimum absolute atomic E-state index is 0.887. The summed E-state index contributed by atoms with van der Waals surface area (Å²) >= 11 is 1.70. The molecule has 124 valence electrons. The Morgan fingerprint density at radius 3 is 2.79 bits per heavy atom. The number of fused-ring (bicyclic) bond motifs is 1. The molecule has 0 radical (unpaired) electrons. The van der Waals surface area contributed by atoms with Crippen LogP contribution in [0.25, 0.3) is 10.2 Å². The number of hydrogen-bond acceptors (Lipinski definition) is 4. The van der Waals surface area contributed by atoms with Gasteiger partial charge >= 0.3 is 0 Å². The summed E-state index contributed by atoms with van der Waals surface area (Å²) in [7, 11) is 0. The van der Waals surface area contributed by atoms with Gasteiger partial charge in [-0.15, -0.1) is 0 Å². The molecule has 0 aliphatic heterocycles. The Balaban J connectivity index is 1.91. The average Bonchev–Trinajstić information content (AvgIpc) is 3.01. The molecule has 0 aliphatic carbocycles. The third-order valence-electron chi connectivity index (χ3n) is 4.00. The molecule has 1 aromatic heterocycles. The molecule has 0 saturated heterocycles. The first kappa shape index (κ1) is 16.7. The number of benzene rings is 2. The zero-order valence-electron chi connectivity index (χ0n) is 14.5. The molecule has 0 spiro atoms. The Morgan fingerprint density at radius 2 is 2.00 bits per heavy atom. The van der Waals surface area contributed by atoms with Crippen LogP contribution in [0.2, 0.25) is 0 Å². The number of hydrazone groups is 1. The first-order valence-corrected chi connectivity index (χ1v) is 9.23. The lowest BCUT2D eigenvalue weighted by Gasteiger charge is -2.15. The van der Waals surface area contributed by atoms with Gasteiger partial charge in [0, 0.05) is 6.54 Å². The van der Waals surface area contributed by atoms with Gasteiger partial charge < -0.3 is 0 Å². The summed E-state index contributed by atoms with van der Waals surface area (Å²) in [5, 5.41) is 7.76. The molecule has 0 saturated carbocycles. The molecule has 3 rings (SSSR count). The maximum atomic E-state index is 4.76. The highest BCUT2D eigenvalue weighted by Gasteiger charge is 2.10. The van der Waals surface area contributed by atoms with Gasteiger partial charge in [-0.05, 0) is 43.5 Å². The second-order valence-corrected chi connectivity index (χ2v) is 7.05. The number of aryl methyl sites for hydroxylation is 2. The largest absolute Gasteiger partial charge is 0.239 e. The summed E-state index contributed by atoms with van der Waals surface area (Å²) in [6.07, 6.45) is 4.20. The Bertz CT molecular complexity index is 818. The van der Waals surface area contributed by atoms with Gasteiger partial charge in [-0.25, -0.2) is 9.99 Å². The van der Waals surface area contributed by atoms with Crippen molar-refractivity contribution in [3.05, 3.63) is 59.2 Å². The first-order valence-electron chi connectivity index (χ1n) is 8.41. The SMILES string of the molecule is CCCCN(/N=C/c1cc(C)ccc1C)c1nc2ccccc2s1. The monoisotopic (exact) mass is 337 g/mol. The van der Waals surface area contributed by atoms with Crippen molar-refractivity contribution in [3.8, 4) is 0 Å². The van der Waals surface area contributed by atoms with Crippen molar-refractivity contribution < 1.29 is 0 Å². The van der Waals surface area contributed by atoms with Crippen LogP contribution in [0.3, 0.4) is 0 Å². The Hall–Kier alpha value is -2.20. The fourth-order valence-electron chi connectivity index (χ4n) is 2.51. The number of rotatable bonds is 6. The van der Waals surface area contributed by atoms with E-state index in [4.69, 9.17) is 10.1 Å². The number of anilines is 1. The predicted octanol–water partition coefficient (Wildman–Crippen LogP) is 5.55. The third-order valence-corrected chi connectivity index (χ3v) is 5.05. The molecule has 1 heterocycles. The summed E-state index contributed by atoms with van der Waals surface area (Å²) in [6, 6.07) is 14.7. The van der Waals surface area contributed by atoms with E-state index >= 15 is 0 Å². The molecule has 4 heteroatoms. The predicted molar refractivity (Wildman–Crippen MR) is 105 cm³/mol. The molecule has 0 atom stereocenters. The number of hydrogen-bond donors (Lipinski definition) is 0. The molecule has 0 aliphatic rings. The highest BCUT2D eigenvalue weighted by atomic mass is 32.1. The van der Waals surface area contributed by atoms with Gasteiger partial charge in [0.25, 0.3) is 0 Å². The number of para-hydroxylation sites is 1. The van der Waals surface area contributed by atoms with Gasteiger partial charge in [-0.1, -0.05) is 60.6 Å². The summed E-state index contributed by atoms with van der Waals surface area (Å²) < 4.78 is 1.20. The van der Waals surface area contributed by atoms with Crippen LogP contribution in [-0.4, -0.2) is 17.7 Å². The van der Waals surface area contributed by atoms with E-state index in [0.717, 1.165) is 35.6 Å². The molecule has 0 unspecified atom stereocenters. The molecule has 3 nitrogen and oxygen atoms in total. The molecular formula is C20H23N3S. The Labute approximate surface area is 147 Å². The minimum Gasteiger partial charge on any atom is -0.239 e. The van der Waals surface area contributed by atoms with Gasteiger partial charge in [-0.2, -0.15) is 5.10 Å². The van der Waals surface area contributed by atoms with Crippen LogP contribution in [-0.2, 0) is 0 Å². The zero-order valence-corrected chi connectivity index (χ0v) is 15.3. The quantitative estimate of drug-likeness (QED) is 0.435. The minimum atomic E-state index is 0.887. The van der Waals surface area contributed by atoms with Crippen LogP contribution >= 0.6 is 11.3 Å². The first-order chi connectivity index (χ1) is 11.7. The number of thiazole rings is 1. The van der Waals surface area contributed by atoms with Gasteiger partial charge in [0.15, 0.2) is 0 Å². The van der Waals surface area contributed by atoms with Crippen LogP contribution in [0.1, 0.15) is 36.5 Å². The van der Waals surface area contributed by atoms with Crippen molar-refractivity contribution in [1.29, 1.82) is 0 Å². The van der Waals surface area contributed by atoms with Crippen molar-refractivity contribution in [1.82, 2.24) is 4.98 Å².